The molecule has 0 atom stereocenters. The number of anilines is 1. The molecule has 1 saturated heterocycles. The molecule has 2 aliphatic rings. The Labute approximate surface area is 240 Å². The van der Waals surface area contributed by atoms with E-state index in [9.17, 15) is 13.2 Å². The minimum Gasteiger partial charge on any atom is -0.457 e. The largest absolute Gasteiger partial charge is 0.457 e. The summed E-state index contributed by atoms with van der Waals surface area (Å²) in [6.45, 7) is 6.90. The number of sulfonamides is 1. The fourth-order valence-corrected chi connectivity index (χ4v) is 6.20. The first-order chi connectivity index (χ1) is 19.3. The van der Waals surface area contributed by atoms with Crippen LogP contribution in [0.3, 0.4) is 0 Å². The lowest BCUT2D eigenvalue weighted by atomic mass is 9.95. The molecule has 1 saturated carbocycles. The van der Waals surface area contributed by atoms with E-state index in [4.69, 9.17) is 4.74 Å². The minimum absolute atomic E-state index is 0.145. The van der Waals surface area contributed by atoms with Gasteiger partial charge in [-0.1, -0.05) is 44.7 Å². The second-order valence-corrected chi connectivity index (χ2v) is 13.2. The van der Waals surface area contributed by atoms with E-state index in [-0.39, 0.29) is 6.03 Å². The lowest BCUT2D eigenvalue weighted by Crippen LogP contribution is -2.48. The fourth-order valence-electron chi connectivity index (χ4n) is 5.64. The molecule has 2 N–H and O–H groups in total. The smallest absolute Gasteiger partial charge is 0.317 e. The van der Waals surface area contributed by atoms with Crippen LogP contribution in [0.25, 0.3) is 0 Å². The maximum absolute atomic E-state index is 13.1. The van der Waals surface area contributed by atoms with Gasteiger partial charge in [-0.3, -0.25) is 9.62 Å². The molecule has 8 nitrogen and oxygen atoms in total. The Morgan fingerprint density at radius 3 is 2.17 bits per heavy atom. The fraction of sp³-hybridized carbons (Fsp3) is 0.581. The van der Waals surface area contributed by atoms with Gasteiger partial charge >= 0.3 is 6.03 Å². The van der Waals surface area contributed by atoms with Gasteiger partial charge in [0.15, 0.2) is 0 Å². The average molecular weight is 571 g/mol. The van der Waals surface area contributed by atoms with Crippen LogP contribution in [-0.2, 0) is 16.6 Å². The van der Waals surface area contributed by atoms with Crippen LogP contribution in [0, 0.1) is 5.92 Å². The summed E-state index contributed by atoms with van der Waals surface area (Å²) in [4.78, 5) is 17.7. The Hall–Kier alpha value is -2.78. The molecular formula is C31H46N4O4S. The van der Waals surface area contributed by atoms with Gasteiger partial charge in [0.2, 0.25) is 10.0 Å². The number of benzene rings is 2. The highest BCUT2D eigenvalue weighted by Crippen LogP contribution is 2.25. The van der Waals surface area contributed by atoms with Gasteiger partial charge < -0.3 is 15.0 Å². The molecule has 0 radical (unpaired) electrons. The summed E-state index contributed by atoms with van der Waals surface area (Å²) in [5, 5.41) is 3.33. The molecule has 0 bridgehead atoms. The maximum atomic E-state index is 13.1. The number of rotatable bonds is 12. The Balaban J connectivity index is 1.21. The number of likely N-dealkylation sites (tertiary alicyclic amines) is 1. The van der Waals surface area contributed by atoms with Crippen molar-refractivity contribution in [3.8, 4) is 11.5 Å². The highest BCUT2D eigenvalue weighted by molar-refractivity contribution is 7.92. The van der Waals surface area contributed by atoms with E-state index in [1.807, 2.05) is 12.1 Å². The van der Waals surface area contributed by atoms with Gasteiger partial charge in [0.05, 0.1) is 6.26 Å². The highest BCUT2D eigenvalue weighted by Gasteiger charge is 2.25. The molecule has 0 spiro atoms. The maximum Gasteiger partial charge on any atom is 0.317 e. The van der Waals surface area contributed by atoms with Crippen LogP contribution in [0.1, 0.15) is 70.3 Å². The molecule has 1 aliphatic carbocycles. The van der Waals surface area contributed by atoms with Crippen molar-refractivity contribution in [3.63, 3.8) is 0 Å². The number of unbranched alkanes of at least 4 members (excludes halogenated alkanes) is 1. The number of carbonyl (C=O) groups excluding carboxylic acids is 1. The molecule has 1 heterocycles. The number of ether oxygens (including phenoxy) is 1. The lowest BCUT2D eigenvalue weighted by Gasteiger charge is -2.36. The molecule has 40 heavy (non-hydrogen) atoms. The third-order valence-electron chi connectivity index (χ3n) is 7.91. The number of hydrogen-bond donors (Lipinski definition) is 2. The van der Waals surface area contributed by atoms with Crippen molar-refractivity contribution in [2.75, 3.05) is 37.2 Å². The van der Waals surface area contributed by atoms with Crippen molar-refractivity contribution in [1.82, 2.24) is 15.1 Å². The molecule has 2 aromatic rings. The first-order valence-corrected chi connectivity index (χ1v) is 16.8. The van der Waals surface area contributed by atoms with E-state index in [2.05, 4.69) is 38.9 Å². The van der Waals surface area contributed by atoms with Gasteiger partial charge in [-0.25, -0.2) is 13.2 Å². The zero-order valence-electron chi connectivity index (χ0n) is 24.1. The number of piperidine rings is 1. The molecule has 4 rings (SSSR count). The summed E-state index contributed by atoms with van der Waals surface area (Å²) in [7, 11) is -3.30. The van der Waals surface area contributed by atoms with Gasteiger partial charge in [0, 0.05) is 31.4 Å². The van der Waals surface area contributed by atoms with E-state index in [0.717, 1.165) is 83.3 Å². The van der Waals surface area contributed by atoms with Crippen molar-refractivity contribution in [1.29, 1.82) is 0 Å². The first kappa shape index (κ1) is 30.2. The molecular weight excluding hydrogens is 524 g/mol. The Bertz CT molecular complexity index is 1160. The second-order valence-electron chi connectivity index (χ2n) is 11.4. The van der Waals surface area contributed by atoms with E-state index < -0.39 is 10.0 Å². The van der Waals surface area contributed by atoms with Crippen LogP contribution >= 0.6 is 0 Å². The molecule has 2 amide bonds. The Kier molecular flexibility index (Phi) is 11.1. The monoisotopic (exact) mass is 570 g/mol. The molecule has 2 aromatic carbocycles. The summed E-state index contributed by atoms with van der Waals surface area (Å²) in [5.41, 5.74) is 1.75. The SMILES string of the molecule is CCCCN(CC1CCN(Cc2ccc(Oc3ccc(NS(C)(=O)=O)cc3)cc2)CC1)C(=O)NC1CCCCC1. The number of nitrogens with one attached hydrogen (secondary N) is 2. The van der Waals surface area contributed by atoms with E-state index in [0.29, 0.717) is 23.4 Å². The van der Waals surface area contributed by atoms with Gasteiger partial charge in [0.1, 0.15) is 11.5 Å². The summed E-state index contributed by atoms with van der Waals surface area (Å²) in [5.74, 6) is 1.94. The van der Waals surface area contributed by atoms with Crippen LogP contribution in [0.15, 0.2) is 48.5 Å². The summed E-state index contributed by atoms with van der Waals surface area (Å²) in [6, 6.07) is 15.5. The quantitative estimate of drug-likeness (QED) is 0.317. The number of carbonyl (C=O) groups is 1. The summed E-state index contributed by atoms with van der Waals surface area (Å²) in [6.07, 6.45) is 11.5. The van der Waals surface area contributed by atoms with Gasteiger partial charge in [-0.2, -0.15) is 0 Å². The standard InChI is InChI=1S/C31H46N4O4S/c1-3-4-20-35(31(36)32-27-8-6-5-7-9-27)24-26-18-21-34(22-19-26)23-25-10-14-29(15-11-25)39-30-16-12-28(13-17-30)33-40(2,37)38/h10-17,26-27,33H,3-9,18-24H2,1-2H3,(H,32,36). The zero-order valence-corrected chi connectivity index (χ0v) is 24.9. The third-order valence-corrected chi connectivity index (χ3v) is 8.52. The number of hydrogen-bond acceptors (Lipinski definition) is 5. The van der Waals surface area contributed by atoms with Gasteiger partial charge in [0.25, 0.3) is 0 Å². The van der Waals surface area contributed by atoms with Crippen LogP contribution in [0.5, 0.6) is 11.5 Å². The van der Waals surface area contributed by atoms with E-state index in [1.54, 1.807) is 24.3 Å². The molecule has 0 aromatic heterocycles. The second kappa shape index (κ2) is 14.7. The molecule has 220 valence electrons. The van der Waals surface area contributed by atoms with Crippen LogP contribution in [0.4, 0.5) is 10.5 Å². The van der Waals surface area contributed by atoms with Crippen LogP contribution in [-0.4, -0.2) is 62.7 Å². The van der Waals surface area contributed by atoms with Crippen molar-refractivity contribution in [2.45, 2.75) is 77.3 Å². The van der Waals surface area contributed by atoms with E-state index >= 15 is 0 Å². The highest BCUT2D eigenvalue weighted by atomic mass is 32.2. The van der Waals surface area contributed by atoms with E-state index in [1.165, 1.54) is 24.8 Å². The third kappa shape index (κ3) is 10.0. The summed E-state index contributed by atoms with van der Waals surface area (Å²) >= 11 is 0. The van der Waals surface area contributed by atoms with Crippen LogP contribution < -0.4 is 14.8 Å². The normalized spacial score (nSPS) is 17.4. The molecule has 2 fully saturated rings. The van der Waals surface area contributed by atoms with Crippen LogP contribution in [0.2, 0.25) is 0 Å². The predicted octanol–water partition coefficient (Wildman–Crippen LogP) is 6.21. The van der Waals surface area contributed by atoms with Gasteiger partial charge in [-0.15, -0.1) is 0 Å². The molecule has 9 heteroatoms. The number of nitrogens with zero attached hydrogens (tertiary/aromatic N) is 2. The number of amides is 2. The Morgan fingerprint density at radius 1 is 0.950 bits per heavy atom. The Morgan fingerprint density at radius 2 is 1.57 bits per heavy atom. The van der Waals surface area contributed by atoms with Crippen molar-refractivity contribution in [2.24, 2.45) is 5.92 Å². The lowest BCUT2D eigenvalue weighted by molar-refractivity contribution is 0.138. The molecule has 1 aliphatic heterocycles. The van der Waals surface area contributed by atoms with Crippen molar-refractivity contribution >= 4 is 21.7 Å². The van der Waals surface area contributed by atoms with Crippen molar-refractivity contribution in [3.05, 3.63) is 54.1 Å². The topological polar surface area (TPSA) is 91.0 Å². The first-order valence-electron chi connectivity index (χ1n) is 14.9. The zero-order chi connectivity index (χ0) is 28.4. The predicted molar refractivity (Wildman–Crippen MR) is 161 cm³/mol. The summed E-state index contributed by atoms with van der Waals surface area (Å²) < 4.78 is 31.1. The van der Waals surface area contributed by atoms with Gasteiger partial charge in [-0.05, 0) is 93.1 Å². The van der Waals surface area contributed by atoms with Crippen molar-refractivity contribution < 1.29 is 17.9 Å². The average Bonchev–Trinajstić information content (AvgIpc) is 2.94. The molecule has 0 unspecified atom stereocenters. The number of urea groups is 1. The minimum atomic E-state index is -3.30.